The maximum absolute atomic E-state index is 6.33. The molecule has 2 aliphatic rings. The van der Waals surface area contributed by atoms with Gasteiger partial charge in [0, 0.05) is 37.3 Å². The third kappa shape index (κ3) is 1.96. The number of aryl methyl sites for hydroxylation is 2. The first kappa shape index (κ1) is 12.5. The predicted octanol–water partition coefficient (Wildman–Crippen LogP) is 1.84. The third-order valence-corrected chi connectivity index (χ3v) is 5.00. The molecule has 1 aromatic heterocycles. The highest BCUT2D eigenvalue weighted by Crippen LogP contribution is 2.37. The van der Waals surface area contributed by atoms with E-state index in [1.54, 1.807) is 4.68 Å². The molecular weight excluding hydrogens is 248 g/mol. The molecule has 2 saturated heterocycles. The zero-order valence-corrected chi connectivity index (χ0v) is 11.8. The van der Waals surface area contributed by atoms with E-state index in [1.165, 1.54) is 18.4 Å². The Labute approximate surface area is 113 Å². The fraction of sp³-hybridized carbons (Fsp3) is 0.769. The smallest absolute Gasteiger partial charge is 0.131 e. The van der Waals surface area contributed by atoms with E-state index in [0.29, 0.717) is 18.1 Å². The molecule has 5 heteroatoms. The molecule has 2 bridgehead atoms. The molecule has 100 valence electrons. The van der Waals surface area contributed by atoms with Gasteiger partial charge in [-0.3, -0.25) is 9.58 Å². The third-order valence-electron chi connectivity index (χ3n) is 4.53. The van der Waals surface area contributed by atoms with Gasteiger partial charge in [-0.25, -0.2) is 0 Å². The minimum Gasteiger partial charge on any atom is -0.328 e. The van der Waals surface area contributed by atoms with Crippen molar-refractivity contribution in [3.8, 4) is 0 Å². The summed E-state index contributed by atoms with van der Waals surface area (Å²) in [5.41, 5.74) is 8.35. The molecule has 3 heterocycles. The Bertz CT molecular complexity index is 442. The quantitative estimate of drug-likeness (QED) is 0.890. The highest BCUT2D eigenvalue weighted by atomic mass is 35.5. The Kier molecular flexibility index (Phi) is 3.12. The number of nitrogens with zero attached hydrogens (tertiary/aromatic N) is 3. The van der Waals surface area contributed by atoms with Gasteiger partial charge in [-0.15, -0.1) is 0 Å². The second-order valence-electron chi connectivity index (χ2n) is 5.77. The molecule has 1 aromatic rings. The van der Waals surface area contributed by atoms with E-state index in [4.69, 9.17) is 17.3 Å². The molecule has 18 heavy (non-hydrogen) atoms. The van der Waals surface area contributed by atoms with E-state index in [0.717, 1.165) is 30.2 Å². The fourth-order valence-corrected chi connectivity index (χ4v) is 3.84. The van der Waals surface area contributed by atoms with Crippen LogP contribution in [0.1, 0.15) is 36.9 Å². The van der Waals surface area contributed by atoms with Crippen molar-refractivity contribution >= 4 is 11.6 Å². The van der Waals surface area contributed by atoms with Crippen molar-refractivity contribution in [2.75, 3.05) is 0 Å². The van der Waals surface area contributed by atoms with Gasteiger partial charge in [0.05, 0.1) is 5.69 Å². The molecule has 4 nitrogen and oxygen atoms in total. The number of piperidine rings is 1. The Morgan fingerprint density at radius 3 is 2.44 bits per heavy atom. The van der Waals surface area contributed by atoms with Crippen LogP contribution in [0.4, 0.5) is 0 Å². The lowest BCUT2D eigenvalue weighted by atomic mass is 9.97. The lowest BCUT2D eigenvalue weighted by molar-refractivity contribution is 0.119. The van der Waals surface area contributed by atoms with Crippen molar-refractivity contribution < 1.29 is 0 Å². The SMILES string of the molecule is Cc1nn(C)c(Cl)c1CN1C2CCC1CC(N)C2. The highest BCUT2D eigenvalue weighted by Gasteiger charge is 2.39. The molecule has 0 amide bonds. The molecule has 2 N–H and O–H groups in total. The number of fused-ring (bicyclic) bond motifs is 2. The van der Waals surface area contributed by atoms with Crippen molar-refractivity contribution in [3.63, 3.8) is 0 Å². The topological polar surface area (TPSA) is 47.1 Å². The van der Waals surface area contributed by atoms with E-state index >= 15 is 0 Å². The summed E-state index contributed by atoms with van der Waals surface area (Å²) in [5.74, 6) is 0. The van der Waals surface area contributed by atoms with E-state index < -0.39 is 0 Å². The number of nitrogens with two attached hydrogens (primary N) is 1. The fourth-order valence-electron chi connectivity index (χ4n) is 3.61. The minimum atomic E-state index is 0.393. The number of hydrogen-bond acceptors (Lipinski definition) is 3. The minimum absolute atomic E-state index is 0.393. The van der Waals surface area contributed by atoms with Crippen molar-refractivity contribution in [2.24, 2.45) is 12.8 Å². The average Bonchev–Trinajstić information content (AvgIpc) is 2.68. The van der Waals surface area contributed by atoms with Crippen molar-refractivity contribution in [1.29, 1.82) is 0 Å². The van der Waals surface area contributed by atoms with Crippen LogP contribution in [-0.4, -0.2) is 32.8 Å². The van der Waals surface area contributed by atoms with Gasteiger partial charge < -0.3 is 5.73 Å². The van der Waals surface area contributed by atoms with Gasteiger partial charge in [-0.1, -0.05) is 11.6 Å². The van der Waals surface area contributed by atoms with Crippen LogP contribution in [0.2, 0.25) is 5.15 Å². The summed E-state index contributed by atoms with van der Waals surface area (Å²) in [5, 5.41) is 5.17. The van der Waals surface area contributed by atoms with Crippen LogP contribution >= 0.6 is 11.6 Å². The van der Waals surface area contributed by atoms with Crippen LogP contribution in [0.25, 0.3) is 0 Å². The van der Waals surface area contributed by atoms with Crippen LogP contribution in [0, 0.1) is 6.92 Å². The van der Waals surface area contributed by atoms with Gasteiger partial charge in [0.1, 0.15) is 5.15 Å². The Hall–Kier alpha value is -0.580. The van der Waals surface area contributed by atoms with E-state index in [2.05, 4.69) is 10.00 Å². The second kappa shape index (κ2) is 4.51. The van der Waals surface area contributed by atoms with Crippen LogP contribution in [-0.2, 0) is 13.6 Å². The van der Waals surface area contributed by atoms with Gasteiger partial charge in [0.25, 0.3) is 0 Å². The first-order chi connectivity index (χ1) is 8.56. The summed E-state index contributed by atoms with van der Waals surface area (Å²) in [6, 6.07) is 1.69. The molecule has 2 fully saturated rings. The largest absolute Gasteiger partial charge is 0.328 e. The van der Waals surface area contributed by atoms with Crippen LogP contribution in [0.15, 0.2) is 0 Å². The van der Waals surface area contributed by atoms with Gasteiger partial charge in [-0.05, 0) is 32.6 Å². The zero-order chi connectivity index (χ0) is 12.9. The first-order valence-electron chi connectivity index (χ1n) is 6.75. The Balaban J connectivity index is 1.81. The van der Waals surface area contributed by atoms with Crippen molar-refractivity contribution in [3.05, 3.63) is 16.4 Å². The molecule has 2 aliphatic heterocycles. The molecule has 2 unspecified atom stereocenters. The van der Waals surface area contributed by atoms with Gasteiger partial charge >= 0.3 is 0 Å². The van der Waals surface area contributed by atoms with Crippen molar-refractivity contribution in [1.82, 2.24) is 14.7 Å². The first-order valence-corrected chi connectivity index (χ1v) is 7.13. The predicted molar refractivity (Wildman–Crippen MR) is 72.5 cm³/mol. The lowest BCUT2D eigenvalue weighted by Gasteiger charge is -2.37. The van der Waals surface area contributed by atoms with Gasteiger partial charge in [-0.2, -0.15) is 5.10 Å². The molecule has 0 aliphatic carbocycles. The summed E-state index contributed by atoms with van der Waals surface area (Å²) < 4.78 is 1.77. The normalized spacial score (nSPS) is 32.1. The number of aromatic nitrogens is 2. The standard InChI is InChI=1S/C13H21ClN4/c1-8-12(13(14)17(2)16-8)7-18-10-3-4-11(18)6-9(15)5-10/h9-11H,3-7,15H2,1-2H3. The molecule has 0 spiro atoms. The van der Waals surface area contributed by atoms with Crippen LogP contribution < -0.4 is 5.73 Å². The average molecular weight is 269 g/mol. The molecule has 0 saturated carbocycles. The van der Waals surface area contributed by atoms with E-state index in [-0.39, 0.29) is 0 Å². The van der Waals surface area contributed by atoms with E-state index in [1.807, 2.05) is 14.0 Å². The van der Waals surface area contributed by atoms with Crippen molar-refractivity contribution in [2.45, 2.75) is 57.3 Å². The Morgan fingerprint density at radius 2 is 1.94 bits per heavy atom. The van der Waals surface area contributed by atoms with Crippen LogP contribution in [0.3, 0.4) is 0 Å². The Morgan fingerprint density at radius 1 is 1.33 bits per heavy atom. The second-order valence-corrected chi connectivity index (χ2v) is 6.13. The summed E-state index contributed by atoms with van der Waals surface area (Å²) in [7, 11) is 1.90. The summed E-state index contributed by atoms with van der Waals surface area (Å²) in [4.78, 5) is 2.60. The van der Waals surface area contributed by atoms with E-state index in [9.17, 15) is 0 Å². The number of rotatable bonds is 2. The number of halogens is 1. The monoisotopic (exact) mass is 268 g/mol. The number of hydrogen-bond donors (Lipinski definition) is 1. The maximum atomic E-state index is 6.33. The molecule has 2 atom stereocenters. The maximum Gasteiger partial charge on any atom is 0.131 e. The molecule has 3 rings (SSSR count). The zero-order valence-electron chi connectivity index (χ0n) is 11.1. The molecular formula is C13H21ClN4. The highest BCUT2D eigenvalue weighted by molar-refractivity contribution is 6.30. The molecule has 0 radical (unpaired) electrons. The van der Waals surface area contributed by atoms with Gasteiger partial charge in [0.2, 0.25) is 0 Å². The van der Waals surface area contributed by atoms with Crippen LogP contribution in [0.5, 0.6) is 0 Å². The lowest BCUT2D eigenvalue weighted by Crippen LogP contribution is -2.46. The van der Waals surface area contributed by atoms with Gasteiger partial charge in [0.15, 0.2) is 0 Å². The summed E-state index contributed by atoms with van der Waals surface area (Å²) >= 11 is 6.33. The summed E-state index contributed by atoms with van der Waals surface area (Å²) in [6.45, 7) is 2.97. The summed E-state index contributed by atoms with van der Waals surface area (Å²) in [6.07, 6.45) is 4.84. The molecule has 0 aromatic carbocycles.